The van der Waals surface area contributed by atoms with E-state index < -0.39 is 0 Å². The summed E-state index contributed by atoms with van der Waals surface area (Å²) in [7, 11) is 0. The van der Waals surface area contributed by atoms with Crippen molar-refractivity contribution in [2.24, 2.45) is 0 Å². The third-order valence-corrected chi connectivity index (χ3v) is 3.69. The molecule has 20 heavy (non-hydrogen) atoms. The molecule has 1 aromatic heterocycles. The standard InChI is InChI=1S/C16H13BrN2O/c1-10-2-4-12(20)9-16(10)19-15-6-7-18-14-5-3-11(17)8-13(14)15/h2-9,20H,1H3,(H,18,19). The lowest BCUT2D eigenvalue weighted by atomic mass is 10.1. The van der Waals surface area contributed by atoms with Gasteiger partial charge < -0.3 is 10.4 Å². The highest BCUT2D eigenvalue weighted by Crippen LogP contribution is 2.30. The quantitative estimate of drug-likeness (QED) is 0.713. The second kappa shape index (κ2) is 5.13. The number of phenolic OH excluding ortho intramolecular Hbond substituents is 1. The third kappa shape index (κ3) is 2.47. The Bertz CT molecular complexity index is 787. The van der Waals surface area contributed by atoms with Crippen molar-refractivity contribution in [2.45, 2.75) is 6.92 Å². The molecule has 0 atom stereocenters. The van der Waals surface area contributed by atoms with Gasteiger partial charge in [0.15, 0.2) is 0 Å². The average Bonchev–Trinajstić information content (AvgIpc) is 2.43. The summed E-state index contributed by atoms with van der Waals surface area (Å²) in [6.45, 7) is 2.00. The maximum absolute atomic E-state index is 9.61. The van der Waals surface area contributed by atoms with Crippen LogP contribution in [0.25, 0.3) is 10.9 Å². The molecule has 4 heteroatoms. The molecule has 0 radical (unpaired) electrons. The first-order valence-corrected chi connectivity index (χ1v) is 7.04. The molecule has 0 amide bonds. The van der Waals surface area contributed by atoms with Gasteiger partial charge in [-0.1, -0.05) is 22.0 Å². The Morgan fingerprint density at radius 3 is 2.75 bits per heavy atom. The molecular weight excluding hydrogens is 316 g/mol. The van der Waals surface area contributed by atoms with Gasteiger partial charge in [-0.25, -0.2) is 0 Å². The van der Waals surface area contributed by atoms with Gasteiger partial charge >= 0.3 is 0 Å². The fraction of sp³-hybridized carbons (Fsp3) is 0.0625. The Balaban J connectivity index is 2.10. The van der Waals surface area contributed by atoms with E-state index in [1.165, 1.54) is 0 Å². The first-order valence-electron chi connectivity index (χ1n) is 6.24. The van der Waals surface area contributed by atoms with Gasteiger partial charge in [0.25, 0.3) is 0 Å². The van der Waals surface area contributed by atoms with Crippen LogP contribution in [0.5, 0.6) is 5.75 Å². The minimum atomic E-state index is 0.248. The molecule has 100 valence electrons. The topological polar surface area (TPSA) is 45.1 Å². The minimum absolute atomic E-state index is 0.248. The van der Waals surface area contributed by atoms with Gasteiger partial charge in [0.05, 0.1) is 5.52 Å². The number of nitrogens with one attached hydrogen (secondary N) is 1. The van der Waals surface area contributed by atoms with Crippen molar-refractivity contribution in [1.82, 2.24) is 4.98 Å². The molecule has 0 unspecified atom stereocenters. The number of phenols is 1. The van der Waals surface area contributed by atoms with Crippen LogP contribution in [-0.2, 0) is 0 Å². The SMILES string of the molecule is Cc1ccc(O)cc1Nc1ccnc2ccc(Br)cc12. The molecule has 0 aliphatic heterocycles. The van der Waals surface area contributed by atoms with Crippen LogP contribution in [0.2, 0.25) is 0 Å². The van der Waals surface area contributed by atoms with Crippen molar-refractivity contribution in [3.05, 3.63) is 58.7 Å². The van der Waals surface area contributed by atoms with Crippen LogP contribution in [0.15, 0.2) is 53.1 Å². The fourth-order valence-electron chi connectivity index (χ4n) is 2.12. The largest absolute Gasteiger partial charge is 0.508 e. The van der Waals surface area contributed by atoms with E-state index in [0.29, 0.717) is 0 Å². The highest BCUT2D eigenvalue weighted by Gasteiger charge is 2.05. The van der Waals surface area contributed by atoms with Crippen molar-refractivity contribution >= 4 is 38.2 Å². The van der Waals surface area contributed by atoms with E-state index >= 15 is 0 Å². The lowest BCUT2D eigenvalue weighted by molar-refractivity contribution is 0.475. The van der Waals surface area contributed by atoms with E-state index in [4.69, 9.17) is 0 Å². The number of nitrogens with zero attached hydrogens (tertiary/aromatic N) is 1. The molecule has 2 N–H and O–H groups in total. The molecule has 0 fully saturated rings. The molecule has 3 nitrogen and oxygen atoms in total. The number of fused-ring (bicyclic) bond motifs is 1. The van der Waals surface area contributed by atoms with Crippen LogP contribution in [0.1, 0.15) is 5.56 Å². The Hall–Kier alpha value is -2.07. The number of pyridine rings is 1. The van der Waals surface area contributed by atoms with Gasteiger partial charge in [-0.2, -0.15) is 0 Å². The zero-order chi connectivity index (χ0) is 14.1. The highest BCUT2D eigenvalue weighted by atomic mass is 79.9. The lowest BCUT2D eigenvalue weighted by Gasteiger charge is -2.12. The summed E-state index contributed by atoms with van der Waals surface area (Å²) in [4.78, 5) is 4.35. The second-order valence-electron chi connectivity index (χ2n) is 4.64. The van der Waals surface area contributed by atoms with Crippen LogP contribution < -0.4 is 5.32 Å². The summed E-state index contributed by atoms with van der Waals surface area (Å²) >= 11 is 3.48. The molecule has 3 rings (SSSR count). The van der Waals surface area contributed by atoms with Gasteiger partial charge in [-0.05, 0) is 42.8 Å². The molecule has 0 bridgehead atoms. The van der Waals surface area contributed by atoms with Gasteiger partial charge in [0, 0.05) is 33.5 Å². The van der Waals surface area contributed by atoms with Crippen molar-refractivity contribution in [2.75, 3.05) is 5.32 Å². The molecule has 0 saturated carbocycles. The predicted molar refractivity (Wildman–Crippen MR) is 85.6 cm³/mol. The first kappa shape index (κ1) is 12.9. The van der Waals surface area contributed by atoms with Gasteiger partial charge in [0.1, 0.15) is 5.75 Å². The number of aryl methyl sites for hydroxylation is 1. The van der Waals surface area contributed by atoms with E-state index in [9.17, 15) is 5.11 Å². The predicted octanol–water partition coefficient (Wildman–Crippen LogP) is 4.75. The van der Waals surface area contributed by atoms with Crippen molar-refractivity contribution in [1.29, 1.82) is 0 Å². The number of rotatable bonds is 2. The Labute approximate surface area is 125 Å². The maximum atomic E-state index is 9.61. The van der Waals surface area contributed by atoms with Crippen LogP contribution >= 0.6 is 15.9 Å². The highest BCUT2D eigenvalue weighted by molar-refractivity contribution is 9.10. The number of aromatic nitrogens is 1. The second-order valence-corrected chi connectivity index (χ2v) is 5.56. The number of aromatic hydroxyl groups is 1. The van der Waals surface area contributed by atoms with Gasteiger partial charge in [-0.3, -0.25) is 4.98 Å². The number of halogens is 1. The number of benzene rings is 2. The lowest BCUT2D eigenvalue weighted by Crippen LogP contribution is -1.94. The maximum Gasteiger partial charge on any atom is 0.117 e. The summed E-state index contributed by atoms with van der Waals surface area (Å²) in [6.07, 6.45) is 1.77. The summed E-state index contributed by atoms with van der Waals surface area (Å²) in [5.74, 6) is 0.248. The van der Waals surface area contributed by atoms with E-state index in [1.54, 1.807) is 18.3 Å². The van der Waals surface area contributed by atoms with E-state index in [2.05, 4.69) is 26.2 Å². The van der Waals surface area contributed by atoms with Crippen LogP contribution in [0.3, 0.4) is 0 Å². The zero-order valence-corrected chi connectivity index (χ0v) is 12.5. The van der Waals surface area contributed by atoms with Crippen LogP contribution in [0.4, 0.5) is 11.4 Å². The summed E-state index contributed by atoms with van der Waals surface area (Å²) in [6, 6.07) is 13.2. The van der Waals surface area contributed by atoms with Crippen LogP contribution in [0, 0.1) is 6.92 Å². The zero-order valence-electron chi connectivity index (χ0n) is 10.9. The third-order valence-electron chi connectivity index (χ3n) is 3.19. The van der Waals surface area contributed by atoms with Crippen LogP contribution in [-0.4, -0.2) is 10.1 Å². The molecular formula is C16H13BrN2O. The molecule has 0 aliphatic carbocycles. The van der Waals surface area contributed by atoms with Gasteiger partial charge in [0.2, 0.25) is 0 Å². The van der Waals surface area contributed by atoms with Gasteiger partial charge in [-0.15, -0.1) is 0 Å². The Morgan fingerprint density at radius 1 is 1.05 bits per heavy atom. The van der Waals surface area contributed by atoms with E-state index in [1.807, 2.05) is 37.3 Å². The Morgan fingerprint density at radius 2 is 1.90 bits per heavy atom. The first-order chi connectivity index (χ1) is 9.63. The Kier molecular flexibility index (Phi) is 3.32. The normalized spacial score (nSPS) is 10.7. The minimum Gasteiger partial charge on any atom is -0.508 e. The molecule has 1 heterocycles. The molecule has 0 aliphatic rings. The van der Waals surface area contributed by atoms with Crippen molar-refractivity contribution in [3.8, 4) is 5.75 Å². The monoisotopic (exact) mass is 328 g/mol. The smallest absolute Gasteiger partial charge is 0.117 e. The molecule has 3 aromatic rings. The number of hydrogen-bond donors (Lipinski definition) is 2. The summed E-state index contributed by atoms with van der Waals surface area (Å²) < 4.78 is 1.01. The molecule has 0 spiro atoms. The van der Waals surface area contributed by atoms with E-state index in [-0.39, 0.29) is 5.75 Å². The summed E-state index contributed by atoms with van der Waals surface area (Å²) in [5.41, 5.74) is 3.85. The number of hydrogen-bond acceptors (Lipinski definition) is 3. The summed E-state index contributed by atoms with van der Waals surface area (Å²) in [5, 5.41) is 14.0. The fourth-order valence-corrected chi connectivity index (χ4v) is 2.48. The number of anilines is 2. The van der Waals surface area contributed by atoms with E-state index in [0.717, 1.165) is 32.3 Å². The molecule has 0 saturated heterocycles. The molecule has 2 aromatic carbocycles. The van der Waals surface area contributed by atoms with Crippen molar-refractivity contribution < 1.29 is 5.11 Å². The van der Waals surface area contributed by atoms with Crippen molar-refractivity contribution in [3.63, 3.8) is 0 Å². The average molecular weight is 329 g/mol.